The van der Waals surface area contributed by atoms with E-state index in [1.807, 2.05) is 191 Å². The van der Waals surface area contributed by atoms with E-state index in [9.17, 15) is 53.2 Å². The summed E-state index contributed by atoms with van der Waals surface area (Å²) in [6, 6.07) is 64.4. The van der Waals surface area contributed by atoms with E-state index in [0.29, 0.717) is 87.2 Å². The maximum Gasteiger partial charge on any atom is 0.416 e. The first-order valence-corrected chi connectivity index (χ1v) is 49.2. The van der Waals surface area contributed by atoms with Crippen LogP contribution in [0.15, 0.2) is 218 Å². The zero-order chi connectivity index (χ0) is 110. The van der Waals surface area contributed by atoms with Crippen molar-refractivity contribution < 1.29 is 120 Å². The van der Waals surface area contributed by atoms with Gasteiger partial charge in [-0.3, -0.25) is 31.2 Å². The molecule has 0 radical (unpaired) electrons. The van der Waals surface area contributed by atoms with E-state index in [-0.39, 0.29) is 80.0 Å². The zero-order valence-corrected chi connectivity index (χ0v) is 91.8. The fraction of sp³-hybridized carbons (Fsp3) is 0.304. The predicted molar refractivity (Wildman–Crippen MR) is 592 cm³/mol. The number of anilines is 6. The van der Waals surface area contributed by atoms with E-state index in [1.54, 1.807) is 43.5 Å². The van der Waals surface area contributed by atoms with Gasteiger partial charge < -0.3 is 66.3 Å². The van der Waals surface area contributed by atoms with Crippen LogP contribution in [0.25, 0.3) is 0 Å². The SMILES string of the molecule is CCOc1ccc(N(O)C(=S)OC)c(COc2ccc(C)cc2C)c1.CCc1ccc(N(O)C(=S)OC)c(COc2ccc(C)cc2C)c1.COC(=S)N(O)c1ccc(C(F)(F)F)cc1COc1ccc(C)cc1C.COC(=S)N(O)c1ccc(C(F)F)cc1COc1ccc(C)cc1C.COC(=S)N(O)c1ccc(C2CC2)cc1COc1ccc(C)cc1C.COC(=S)N(O)c1ccc(OC)cc1COc1ccc(C)cc1C. The second-order valence-corrected chi connectivity index (χ2v) is 36.4. The summed E-state index contributed by atoms with van der Waals surface area (Å²) in [6.07, 6.45) is -3.81. The van der Waals surface area contributed by atoms with Crippen LogP contribution in [0.2, 0.25) is 0 Å². The number of halogens is 5. The maximum absolute atomic E-state index is 13.0. The van der Waals surface area contributed by atoms with Gasteiger partial charge in [-0.1, -0.05) is 137 Å². The molecule has 0 unspecified atom stereocenters. The third-order valence-corrected chi connectivity index (χ3v) is 24.9. The molecule has 0 bridgehead atoms. The Hall–Kier alpha value is -13.4. The maximum atomic E-state index is 13.0. The highest BCUT2D eigenvalue weighted by atomic mass is 32.1. The summed E-state index contributed by atoms with van der Waals surface area (Å²) in [7, 11) is 9.83. The lowest BCUT2D eigenvalue weighted by Gasteiger charge is -2.21. The highest BCUT2D eigenvalue weighted by Crippen LogP contribution is 2.43. The van der Waals surface area contributed by atoms with Crippen molar-refractivity contribution in [1.29, 1.82) is 0 Å². The van der Waals surface area contributed by atoms with E-state index in [1.165, 1.54) is 102 Å². The zero-order valence-electron chi connectivity index (χ0n) is 86.9. The van der Waals surface area contributed by atoms with E-state index >= 15 is 0 Å². The van der Waals surface area contributed by atoms with Crippen LogP contribution in [0.3, 0.4) is 0 Å². The smallest absolute Gasteiger partial charge is 0.416 e. The fourth-order valence-electron chi connectivity index (χ4n) is 14.9. The lowest BCUT2D eigenvalue weighted by Crippen LogP contribution is -2.28. The summed E-state index contributed by atoms with van der Waals surface area (Å²) in [5.74, 6) is 6.40. The summed E-state index contributed by atoms with van der Waals surface area (Å²) in [6.45, 7) is 29.4. The molecule has 0 heterocycles. The van der Waals surface area contributed by atoms with Gasteiger partial charge in [-0.05, 0) is 354 Å². The Morgan fingerprint density at radius 1 is 0.302 bits per heavy atom. The monoisotopic (exact) mass is 2160 g/mol. The lowest BCUT2D eigenvalue weighted by molar-refractivity contribution is -0.137. The highest BCUT2D eigenvalue weighted by Gasteiger charge is 2.33. The van der Waals surface area contributed by atoms with Gasteiger partial charge in [0.2, 0.25) is 0 Å². The molecule has 1 aliphatic carbocycles. The number of thiocarbonyl (C=S) groups is 6. The van der Waals surface area contributed by atoms with Gasteiger partial charge in [0, 0.05) is 38.9 Å². The number of hydrogen-bond acceptors (Lipinski definition) is 26. The topological polar surface area (TPSA) is 270 Å². The Balaban J connectivity index is 0.000000218. The largest absolute Gasteiger partial charge is 0.497 e. The first-order chi connectivity index (χ1) is 70.8. The Bertz CT molecular complexity index is 6340. The lowest BCUT2D eigenvalue weighted by atomic mass is 10.1. The van der Waals surface area contributed by atoms with Gasteiger partial charge in [0.25, 0.3) is 37.5 Å². The number of hydrogen-bond donors (Lipinski definition) is 6. The summed E-state index contributed by atoms with van der Waals surface area (Å²) in [5.41, 5.74) is 20.4. The van der Waals surface area contributed by atoms with Crippen LogP contribution in [0, 0.1) is 83.1 Å². The van der Waals surface area contributed by atoms with Crippen LogP contribution < -0.4 is 68.3 Å². The predicted octanol–water partition coefficient (Wildman–Crippen LogP) is 27.9. The molecule has 26 nitrogen and oxygen atoms in total. The summed E-state index contributed by atoms with van der Waals surface area (Å²) >= 11 is 29.7. The Morgan fingerprint density at radius 2 is 0.557 bits per heavy atom. The van der Waals surface area contributed by atoms with Crippen molar-refractivity contribution in [3.8, 4) is 46.0 Å². The van der Waals surface area contributed by atoms with Crippen LogP contribution in [-0.2, 0) is 80.7 Å². The van der Waals surface area contributed by atoms with E-state index in [0.717, 1.165) is 140 Å². The molecule has 1 aliphatic rings. The van der Waals surface area contributed by atoms with Crippen LogP contribution >= 0.6 is 73.3 Å². The normalized spacial score (nSPS) is 11.0. The molecular formula is C112H127F5N6O20S6. The molecule has 0 aliphatic heterocycles. The van der Waals surface area contributed by atoms with Crippen molar-refractivity contribution in [3.63, 3.8) is 0 Å². The molecular weight excluding hydrogens is 2040 g/mol. The third kappa shape index (κ3) is 35.9. The van der Waals surface area contributed by atoms with Gasteiger partial charge in [0.1, 0.15) is 85.6 Å². The van der Waals surface area contributed by atoms with Crippen molar-refractivity contribution in [2.45, 2.75) is 174 Å². The number of methoxy groups -OCH3 is 7. The standard InChI is InChI=1S/C20H23NO3S.C19H23NO4S.C19H23NO3S.C18H18F3NO3S.C18H19F2NO3S.C18H21NO4S/c1-13-4-9-19(14(2)10-13)24-12-17-11-16(15-5-6-15)7-8-18(17)21(22)20(25)23-3;1-5-23-16-7-8-17(20(21)19(25)22-4)15(11-16)12-24-18-9-6-13(2)10-14(18)3;1-5-15-7-8-17(20(21)19(24)22-4)16(11-15)12-23-18-9-6-13(2)10-14(18)3;1-11-4-7-16(12(2)8-11)25-10-13-9-14(18(19,20)21)5-6-15(13)22(23)17(26)24-3;1-11-4-7-16(12(2)8-11)24-10-14-9-13(17(19)20)5-6-15(14)21(22)18(25)23-3;1-12-5-8-17(13(2)9-12)23-11-14-10-15(21-3)6-7-16(14)19(20)18(24)22-4/h4,7-11,15,22H,5-6,12H2,1-3H3;6-11,21H,5,12H2,1-4H3;6-11,21H,5,12H2,1-4H3;4-9,23H,10H2,1-3H3;4-9,17,22H,10H2,1-3H3;5-10,20H,11H2,1-4H3. The molecule has 796 valence electrons. The average molecular weight is 2160 g/mol. The molecule has 13 rings (SSSR count). The molecule has 0 amide bonds. The van der Waals surface area contributed by atoms with Gasteiger partial charge in [0.15, 0.2) is 0 Å². The summed E-state index contributed by atoms with van der Waals surface area (Å²) < 4.78 is 140. The number of alkyl halides is 5. The van der Waals surface area contributed by atoms with Gasteiger partial charge >= 0.3 is 6.18 Å². The van der Waals surface area contributed by atoms with Crippen molar-refractivity contribution in [1.82, 2.24) is 0 Å². The van der Waals surface area contributed by atoms with Crippen molar-refractivity contribution in [3.05, 3.63) is 341 Å². The number of nitrogens with zero attached hydrogens (tertiary/aromatic N) is 6. The average Bonchev–Trinajstić information content (AvgIpc) is 1.55. The number of aryl methyl sites for hydroxylation is 13. The van der Waals surface area contributed by atoms with Crippen LogP contribution in [0.5, 0.6) is 46.0 Å². The Morgan fingerprint density at radius 3 is 0.826 bits per heavy atom. The van der Waals surface area contributed by atoms with Gasteiger partial charge in [-0.15, -0.1) is 0 Å². The molecule has 12 aromatic rings. The Kier molecular flexibility index (Phi) is 47.4. The highest BCUT2D eigenvalue weighted by molar-refractivity contribution is 7.81. The summed E-state index contributed by atoms with van der Waals surface area (Å²) in [5, 5.41) is 65.1. The second-order valence-electron chi connectivity index (χ2n) is 34.3. The third-order valence-electron chi connectivity index (χ3n) is 22.9. The van der Waals surface area contributed by atoms with Gasteiger partial charge in [0.05, 0.1) is 96.1 Å². The van der Waals surface area contributed by atoms with Crippen molar-refractivity contribution in [2.75, 3.05) is 86.8 Å². The number of ether oxygens (including phenoxy) is 14. The molecule has 0 atom stereocenters. The van der Waals surface area contributed by atoms with E-state index in [4.69, 9.17) is 140 Å². The van der Waals surface area contributed by atoms with Crippen molar-refractivity contribution >= 4 is 138 Å². The van der Waals surface area contributed by atoms with Gasteiger partial charge in [-0.2, -0.15) is 43.6 Å². The minimum absolute atomic E-state index is 0.00642. The number of rotatable bonds is 30. The first kappa shape index (κ1) is 121. The Labute approximate surface area is 899 Å². The number of benzene rings is 12. The molecule has 149 heavy (non-hydrogen) atoms. The molecule has 37 heteroatoms. The quantitative estimate of drug-likeness (QED) is 0.0139. The number of hydroxylamine groups is 6. The van der Waals surface area contributed by atoms with Crippen LogP contribution in [0.4, 0.5) is 56.1 Å². The minimum atomic E-state index is -4.52. The van der Waals surface area contributed by atoms with Gasteiger partial charge in [-0.25, -0.2) is 8.78 Å². The molecule has 0 saturated heterocycles. The summed E-state index contributed by atoms with van der Waals surface area (Å²) in [4.78, 5) is 0. The molecule has 12 aromatic carbocycles. The van der Waals surface area contributed by atoms with Crippen LogP contribution in [-0.4, -0.2) is 119 Å². The molecule has 0 aromatic heterocycles. The van der Waals surface area contributed by atoms with Crippen molar-refractivity contribution in [2.24, 2.45) is 0 Å². The van der Waals surface area contributed by atoms with E-state index in [2.05, 4.69) is 51.1 Å². The minimum Gasteiger partial charge on any atom is -0.497 e. The van der Waals surface area contributed by atoms with E-state index < -0.39 is 18.2 Å². The first-order valence-electron chi connectivity index (χ1n) is 46.7. The molecule has 1 saturated carbocycles. The molecule has 0 spiro atoms. The molecule has 6 N–H and O–H groups in total. The van der Waals surface area contributed by atoms with Crippen LogP contribution in [0.1, 0.15) is 161 Å². The second kappa shape index (κ2) is 58.5. The fourth-order valence-corrected chi connectivity index (χ4v) is 15.5. The molecule has 1 fully saturated rings.